The molecule has 9 heteroatoms. The van der Waals surface area contributed by atoms with Crippen LogP contribution >= 0.6 is 0 Å². The number of rotatable bonds is 8. The van der Waals surface area contributed by atoms with Crippen LogP contribution in [0.25, 0.3) is 0 Å². The molecule has 0 fully saturated rings. The first-order valence-corrected chi connectivity index (χ1v) is 12.9. The normalized spacial score (nSPS) is 11.1. The Morgan fingerprint density at radius 3 is 1.88 bits per heavy atom. The number of ether oxygens (including phenoxy) is 1. The maximum atomic E-state index is 13.4. The van der Waals surface area contributed by atoms with E-state index in [-0.39, 0.29) is 29.1 Å². The highest BCUT2D eigenvalue weighted by molar-refractivity contribution is 5.94. The van der Waals surface area contributed by atoms with E-state index in [1.54, 1.807) is 4.57 Å². The average molecular weight is 552 g/mol. The van der Waals surface area contributed by atoms with Gasteiger partial charge < -0.3 is 10.5 Å². The quantitative estimate of drug-likeness (QED) is 0.244. The van der Waals surface area contributed by atoms with Gasteiger partial charge >= 0.3 is 6.36 Å². The molecule has 0 aliphatic rings. The van der Waals surface area contributed by atoms with Gasteiger partial charge in [-0.1, -0.05) is 80.9 Å². The van der Waals surface area contributed by atoms with Gasteiger partial charge in [-0.05, 0) is 55.2 Å². The zero-order chi connectivity index (χ0) is 29.3. The maximum absolute atomic E-state index is 13.4. The molecule has 0 aliphatic carbocycles. The van der Waals surface area contributed by atoms with Crippen LogP contribution in [0.3, 0.4) is 0 Å². The number of aromatic nitrogens is 2. The molecule has 0 saturated heterocycles. The summed E-state index contributed by atoms with van der Waals surface area (Å²) in [6.07, 6.45) is -2.38. The smallest absolute Gasteiger partial charge is 0.406 e. The van der Waals surface area contributed by atoms with E-state index in [1.807, 2.05) is 67.6 Å². The number of nitrogens with two attached hydrogens (primary N) is 1. The molecule has 0 unspecified atom stereocenters. The fourth-order valence-corrected chi connectivity index (χ4v) is 4.33. The van der Waals surface area contributed by atoms with Crippen molar-refractivity contribution in [3.05, 3.63) is 123 Å². The first kappa shape index (κ1) is 30.1. The second kappa shape index (κ2) is 13.6. The van der Waals surface area contributed by atoms with Crippen LogP contribution in [0.1, 0.15) is 66.0 Å². The van der Waals surface area contributed by atoms with Crippen LogP contribution < -0.4 is 16.0 Å². The molecule has 0 spiro atoms. The van der Waals surface area contributed by atoms with Gasteiger partial charge in [0, 0.05) is 11.1 Å². The molecular formula is C31H32F3N3O3. The fraction of sp³-hybridized carbons (Fsp3) is 0.258. The van der Waals surface area contributed by atoms with Gasteiger partial charge in [0.2, 0.25) is 5.95 Å². The lowest BCUT2D eigenvalue weighted by molar-refractivity contribution is -0.274. The number of carbonyl (C=O) groups excluding carboxylic acids is 1. The van der Waals surface area contributed by atoms with Gasteiger partial charge in [0.25, 0.3) is 5.56 Å². The third kappa shape index (κ3) is 7.81. The Morgan fingerprint density at radius 2 is 1.45 bits per heavy atom. The topological polar surface area (TPSA) is 87.2 Å². The summed E-state index contributed by atoms with van der Waals surface area (Å²) < 4.78 is 40.4. The minimum Gasteiger partial charge on any atom is -0.406 e. The molecule has 0 bridgehead atoms. The lowest BCUT2D eigenvalue weighted by atomic mass is 9.97. The molecule has 1 heterocycles. The number of hydrogen-bond donors (Lipinski definition) is 1. The lowest BCUT2D eigenvalue weighted by Gasteiger charge is -2.24. The van der Waals surface area contributed by atoms with Gasteiger partial charge in [0.1, 0.15) is 5.75 Å². The van der Waals surface area contributed by atoms with Crippen LogP contribution in [0.5, 0.6) is 5.75 Å². The minimum atomic E-state index is -4.70. The number of benzene rings is 3. The molecule has 2 N–H and O–H groups in total. The van der Waals surface area contributed by atoms with E-state index in [0.717, 1.165) is 40.9 Å². The number of carbonyl (C=O) groups is 1. The molecular weight excluding hydrogens is 519 g/mol. The summed E-state index contributed by atoms with van der Waals surface area (Å²) in [5, 5.41) is 0. The maximum Gasteiger partial charge on any atom is 0.573 e. The van der Waals surface area contributed by atoms with Crippen molar-refractivity contribution in [3.63, 3.8) is 0 Å². The van der Waals surface area contributed by atoms with Crippen molar-refractivity contribution in [2.45, 2.75) is 52.4 Å². The van der Waals surface area contributed by atoms with Crippen molar-refractivity contribution in [2.24, 2.45) is 0 Å². The van der Waals surface area contributed by atoms with Crippen molar-refractivity contribution < 1.29 is 22.7 Å². The summed E-state index contributed by atoms with van der Waals surface area (Å²) in [4.78, 5) is 28.8. The molecule has 4 rings (SSSR count). The molecule has 40 heavy (non-hydrogen) atoms. The largest absolute Gasteiger partial charge is 0.573 e. The highest BCUT2D eigenvalue weighted by atomic mass is 19.4. The molecule has 1 aromatic heterocycles. The second-order valence-corrected chi connectivity index (χ2v) is 9.03. The van der Waals surface area contributed by atoms with E-state index < -0.39 is 6.36 Å². The van der Waals surface area contributed by atoms with E-state index in [1.165, 1.54) is 19.1 Å². The third-order valence-corrected chi connectivity index (χ3v) is 6.14. The van der Waals surface area contributed by atoms with E-state index in [4.69, 9.17) is 5.73 Å². The van der Waals surface area contributed by atoms with Gasteiger partial charge in [-0.3, -0.25) is 14.2 Å². The summed E-state index contributed by atoms with van der Waals surface area (Å²) in [7, 11) is 0. The Morgan fingerprint density at radius 1 is 0.925 bits per heavy atom. The number of anilines is 1. The lowest BCUT2D eigenvalue weighted by Crippen LogP contribution is -2.33. The Balaban J connectivity index is 0.000000267. The summed E-state index contributed by atoms with van der Waals surface area (Å²) in [5.41, 5.74) is 10.2. The van der Waals surface area contributed by atoms with E-state index >= 15 is 0 Å². The monoisotopic (exact) mass is 551 g/mol. The van der Waals surface area contributed by atoms with Crippen LogP contribution in [-0.4, -0.2) is 21.7 Å². The summed E-state index contributed by atoms with van der Waals surface area (Å²) in [6.45, 7) is 5.42. The van der Waals surface area contributed by atoms with Gasteiger partial charge in [-0.25, -0.2) is 4.98 Å². The molecule has 0 saturated carbocycles. The molecule has 0 amide bonds. The van der Waals surface area contributed by atoms with Gasteiger partial charge in [0.15, 0.2) is 5.78 Å². The second-order valence-electron chi connectivity index (χ2n) is 9.03. The zero-order valence-corrected chi connectivity index (χ0v) is 22.6. The molecule has 3 aromatic carbocycles. The van der Waals surface area contributed by atoms with Crippen molar-refractivity contribution in [3.8, 4) is 5.75 Å². The van der Waals surface area contributed by atoms with Crippen molar-refractivity contribution in [2.75, 3.05) is 5.73 Å². The van der Waals surface area contributed by atoms with Crippen LogP contribution in [0.15, 0.2) is 89.7 Å². The predicted octanol–water partition coefficient (Wildman–Crippen LogP) is 6.77. The number of alkyl halides is 3. The first-order chi connectivity index (χ1) is 19.1. The van der Waals surface area contributed by atoms with Gasteiger partial charge in [0.05, 0.1) is 11.7 Å². The first-order valence-electron chi connectivity index (χ1n) is 12.9. The van der Waals surface area contributed by atoms with E-state index in [9.17, 15) is 22.8 Å². The third-order valence-electron chi connectivity index (χ3n) is 6.14. The SMILES string of the molecule is CC(=O)c1ccc(OC(F)(F)F)cc1.CCCc1c(CC)nc(N)n(C(c2ccccc2)c2ccccc2)c1=O. The van der Waals surface area contributed by atoms with E-state index in [2.05, 4.69) is 16.6 Å². The van der Waals surface area contributed by atoms with Gasteiger partial charge in [-0.2, -0.15) is 0 Å². The molecule has 210 valence electrons. The highest BCUT2D eigenvalue weighted by Gasteiger charge is 2.31. The summed E-state index contributed by atoms with van der Waals surface area (Å²) in [5.74, 6) is -0.268. The van der Waals surface area contributed by atoms with Crippen LogP contribution in [0, 0.1) is 0 Å². The fourth-order valence-electron chi connectivity index (χ4n) is 4.33. The summed E-state index contributed by atoms with van der Waals surface area (Å²) in [6, 6.07) is 24.4. The number of halogens is 3. The van der Waals surface area contributed by atoms with Crippen molar-refractivity contribution in [1.82, 2.24) is 9.55 Å². The van der Waals surface area contributed by atoms with Crippen molar-refractivity contribution in [1.29, 1.82) is 0 Å². The number of Topliss-reactive ketones (excluding diaryl/α,β-unsaturated/α-hetero) is 1. The number of aryl methyl sites for hydroxylation is 1. The van der Waals surface area contributed by atoms with Crippen molar-refractivity contribution >= 4 is 11.7 Å². The molecule has 0 aliphatic heterocycles. The molecule has 0 atom stereocenters. The zero-order valence-electron chi connectivity index (χ0n) is 22.6. The van der Waals surface area contributed by atoms with Crippen LogP contribution in [0.2, 0.25) is 0 Å². The standard InChI is InChI=1S/C22H25N3O.C9H7F3O2/c1-3-11-18-19(4-2)24-22(23)25(21(18)26)20(16-12-7-5-8-13-16)17-14-9-6-10-15-17;1-6(13)7-2-4-8(5-3-7)14-9(10,11)12/h5-10,12-15,20H,3-4,11H2,1-2H3,(H2,23,24);2-5H,1H3. The number of nitrogen functional groups attached to an aromatic ring is 1. The molecule has 0 radical (unpaired) electrons. The molecule has 6 nitrogen and oxygen atoms in total. The Bertz CT molecular complexity index is 1410. The average Bonchev–Trinajstić information content (AvgIpc) is 2.93. The van der Waals surface area contributed by atoms with Crippen LogP contribution in [0.4, 0.5) is 19.1 Å². The van der Waals surface area contributed by atoms with Crippen LogP contribution in [-0.2, 0) is 12.8 Å². The van der Waals surface area contributed by atoms with E-state index in [0.29, 0.717) is 18.4 Å². The number of nitrogens with zero attached hydrogens (tertiary/aromatic N) is 2. The number of hydrogen-bond acceptors (Lipinski definition) is 5. The summed E-state index contributed by atoms with van der Waals surface area (Å²) >= 11 is 0. The Hall–Kier alpha value is -4.40. The van der Waals surface area contributed by atoms with Gasteiger partial charge in [-0.15, -0.1) is 13.2 Å². The molecule has 4 aromatic rings. The highest BCUT2D eigenvalue weighted by Crippen LogP contribution is 2.28. The predicted molar refractivity (Wildman–Crippen MR) is 150 cm³/mol. The Kier molecular flexibility index (Phi) is 10.2. The minimum absolute atomic E-state index is 0.0334. The number of ketones is 1. The Labute approximate surface area is 231 Å².